The van der Waals surface area contributed by atoms with Gasteiger partial charge in [-0.05, 0) is 48.9 Å². The summed E-state index contributed by atoms with van der Waals surface area (Å²) < 4.78 is 36.1. The van der Waals surface area contributed by atoms with Gasteiger partial charge in [0.15, 0.2) is 17.2 Å². The molecule has 61 heavy (non-hydrogen) atoms. The predicted octanol–water partition coefficient (Wildman–Crippen LogP) is -2.67. The summed E-state index contributed by atoms with van der Waals surface area (Å²) in [5.41, 5.74) is 1.20. The van der Waals surface area contributed by atoms with Crippen LogP contribution in [0, 0.1) is 5.92 Å². The second-order valence-electron chi connectivity index (χ2n) is 15.1. The Morgan fingerprint density at radius 1 is 0.951 bits per heavy atom. The Morgan fingerprint density at radius 2 is 1.62 bits per heavy atom. The Kier molecular flexibility index (Phi) is 17.1. The molecule has 10 atom stereocenters. The van der Waals surface area contributed by atoms with Crippen LogP contribution >= 0.6 is 0 Å². The second-order valence-corrected chi connectivity index (χ2v) is 16.1. The number of carboxylic acid groups (broad SMARTS) is 1. The molecule has 2 saturated heterocycles. The molecule has 0 aliphatic carbocycles. The van der Waals surface area contributed by atoms with Crippen LogP contribution in [0.3, 0.4) is 0 Å². The molecule has 1 unspecified atom stereocenters. The van der Waals surface area contributed by atoms with Crippen LogP contribution in [0.1, 0.15) is 51.7 Å². The standard InChI is InChI=1S/C38H51N5O17S/c1-18(2)30(41-27(45)15-42-24(17-58-11-12-61(56)57)14-25(37(42)53)43-28(46)9-10-29(43)47)36(52)39-19(3)35(51)40-23-7-5-22(16-59-20(4)44)21(13-23)6-8-26-31(48)32(49)33(50)34(60-26)38(54)55/h5,7,9-10,13,18-19,24-26,30-34,48-50H,6,8,11-12,14-17H2,1-4H3,(H,39,52)(H,40,51)(H,41,45)(H,54,55)(H,56,57)/t19-,24-,25-,26-,30-,31-,32+,33-,34-/m0/s1. The maximum atomic E-state index is 13.5. The molecule has 3 heterocycles. The van der Waals surface area contributed by atoms with Crippen molar-refractivity contribution in [2.75, 3.05) is 30.8 Å². The minimum absolute atomic E-state index is 0.0576. The molecule has 0 spiro atoms. The number of aliphatic hydroxyl groups is 3. The van der Waals surface area contributed by atoms with Crippen molar-refractivity contribution in [3.8, 4) is 0 Å². The van der Waals surface area contributed by atoms with Crippen molar-refractivity contribution >= 4 is 64.1 Å². The number of aryl methyl sites for hydroxylation is 1. The highest BCUT2D eigenvalue weighted by molar-refractivity contribution is 7.79. The molecular formula is C38H51N5O17S. The first-order valence-electron chi connectivity index (χ1n) is 19.3. The number of benzene rings is 1. The highest BCUT2D eigenvalue weighted by atomic mass is 32.2. The van der Waals surface area contributed by atoms with E-state index in [2.05, 4.69) is 16.0 Å². The highest BCUT2D eigenvalue weighted by Crippen LogP contribution is 2.28. The Morgan fingerprint density at radius 3 is 2.23 bits per heavy atom. The van der Waals surface area contributed by atoms with Gasteiger partial charge in [-0.2, -0.15) is 0 Å². The van der Waals surface area contributed by atoms with E-state index in [1.807, 2.05) is 0 Å². The van der Waals surface area contributed by atoms with E-state index in [9.17, 15) is 63.0 Å². The number of carboxylic acids is 1. The summed E-state index contributed by atoms with van der Waals surface area (Å²) in [6.45, 7) is 4.74. The smallest absolute Gasteiger partial charge is 0.335 e. The predicted molar refractivity (Wildman–Crippen MR) is 209 cm³/mol. The average Bonchev–Trinajstić information content (AvgIpc) is 3.68. The minimum Gasteiger partial charge on any atom is -0.479 e. The zero-order chi connectivity index (χ0) is 45.3. The number of imide groups is 1. The summed E-state index contributed by atoms with van der Waals surface area (Å²) in [7, 11) is 0. The van der Waals surface area contributed by atoms with Crippen LogP contribution < -0.4 is 16.0 Å². The first-order chi connectivity index (χ1) is 28.7. The molecule has 0 saturated carbocycles. The van der Waals surface area contributed by atoms with Crippen LogP contribution in [0.25, 0.3) is 0 Å². The highest BCUT2D eigenvalue weighted by Gasteiger charge is 2.48. The summed E-state index contributed by atoms with van der Waals surface area (Å²) in [5.74, 6) is -7.21. The molecule has 4 rings (SSSR count). The number of nitrogens with one attached hydrogen (secondary N) is 3. The number of likely N-dealkylation sites (tertiary alicyclic amines) is 1. The average molecular weight is 882 g/mol. The Bertz CT molecular complexity index is 1890. The number of hydrogen-bond acceptors (Lipinski definition) is 15. The van der Waals surface area contributed by atoms with E-state index in [4.69, 9.17) is 18.8 Å². The quantitative estimate of drug-likeness (QED) is 0.0287. The number of carbonyl (C=O) groups excluding carboxylic acids is 7. The lowest BCUT2D eigenvalue weighted by molar-refractivity contribution is -0.228. The fraction of sp³-hybridized carbons (Fsp3) is 0.579. The molecule has 2 fully saturated rings. The third-order valence-corrected chi connectivity index (χ3v) is 10.8. The van der Waals surface area contributed by atoms with Gasteiger partial charge in [-0.3, -0.25) is 38.5 Å². The van der Waals surface area contributed by atoms with Crippen LogP contribution in [-0.4, -0.2) is 167 Å². The molecule has 22 nitrogen and oxygen atoms in total. The van der Waals surface area contributed by atoms with Crippen LogP contribution in [0.15, 0.2) is 30.4 Å². The van der Waals surface area contributed by atoms with Crippen LogP contribution in [0.5, 0.6) is 0 Å². The van der Waals surface area contributed by atoms with E-state index in [1.54, 1.807) is 19.9 Å². The van der Waals surface area contributed by atoms with E-state index in [0.29, 0.717) is 11.1 Å². The maximum absolute atomic E-state index is 13.5. The molecule has 0 radical (unpaired) electrons. The fourth-order valence-corrected chi connectivity index (χ4v) is 7.24. The molecule has 23 heteroatoms. The number of anilines is 1. The summed E-state index contributed by atoms with van der Waals surface area (Å²) in [5, 5.41) is 47.9. The van der Waals surface area contributed by atoms with Gasteiger partial charge in [0.1, 0.15) is 43.0 Å². The summed E-state index contributed by atoms with van der Waals surface area (Å²) >= 11 is -2.15. The Balaban J connectivity index is 1.40. The van der Waals surface area contributed by atoms with E-state index in [0.717, 1.165) is 22.0 Å². The number of ether oxygens (including phenoxy) is 3. The third kappa shape index (κ3) is 12.7. The molecule has 8 N–H and O–H groups in total. The van der Waals surface area contributed by atoms with Crippen molar-refractivity contribution in [2.45, 2.75) is 108 Å². The van der Waals surface area contributed by atoms with Crippen molar-refractivity contribution in [1.82, 2.24) is 20.4 Å². The molecule has 0 aromatic heterocycles. The molecule has 1 aromatic carbocycles. The third-order valence-electron chi connectivity index (χ3n) is 10.3. The molecule has 6 amide bonds. The zero-order valence-corrected chi connectivity index (χ0v) is 34.6. The minimum atomic E-state index is -2.15. The summed E-state index contributed by atoms with van der Waals surface area (Å²) in [6.07, 6.45) is -6.35. The van der Waals surface area contributed by atoms with Crippen molar-refractivity contribution < 1.29 is 81.8 Å². The molecule has 3 aliphatic rings. The fourth-order valence-electron chi connectivity index (χ4n) is 6.98. The number of esters is 1. The Labute approximate surface area is 352 Å². The normalized spacial score (nSPS) is 25.3. The number of carbonyl (C=O) groups is 8. The lowest BCUT2D eigenvalue weighted by Gasteiger charge is -2.39. The van der Waals surface area contributed by atoms with E-state index in [1.165, 1.54) is 26.0 Å². The number of rotatable bonds is 20. The Hall–Kier alpha value is -5.17. The lowest BCUT2D eigenvalue weighted by Crippen LogP contribution is -2.59. The van der Waals surface area contributed by atoms with Gasteiger partial charge in [0, 0.05) is 31.2 Å². The molecule has 3 aliphatic heterocycles. The van der Waals surface area contributed by atoms with Crippen LogP contribution in [0.2, 0.25) is 0 Å². The van der Waals surface area contributed by atoms with Crippen molar-refractivity contribution in [3.63, 3.8) is 0 Å². The molecular weight excluding hydrogens is 831 g/mol. The topological polar surface area (TPSA) is 325 Å². The first-order valence-corrected chi connectivity index (χ1v) is 20.6. The van der Waals surface area contributed by atoms with Gasteiger partial charge < -0.3 is 60.0 Å². The molecule has 1 aromatic rings. The molecule has 0 bridgehead atoms. The number of hydrogen-bond donors (Lipinski definition) is 8. The SMILES string of the molecule is CC(=O)OCc1ccc(NC(=O)[C@H](C)NC(=O)[C@@H](NC(=O)CN2C(=O)[C@@H](N3C(=O)C=CC3=O)C[C@H]2COCCS(=O)O)C(C)C)cc1CC[C@@H]1O[C@H](C(=O)O)[C@@H](O)[C@H](O)[C@H]1O. The van der Waals surface area contributed by atoms with Crippen LogP contribution in [0.4, 0.5) is 5.69 Å². The van der Waals surface area contributed by atoms with Gasteiger partial charge in [-0.15, -0.1) is 0 Å². The second kappa shape index (κ2) is 21.6. The van der Waals surface area contributed by atoms with E-state index < -0.39 is 126 Å². The van der Waals surface area contributed by atoms with Crippen molar-refractivity contribution in [3.05, 3.63) is 41.5 Å². The van der Waals surface area contributed by atoms with Crippen molar-refractivity contribution in [2.24, 2.45) is 5.92 Å². The maximum Gasteiger partial charge on any atom is 0.335 e. The number of amides is 6. The zero-order valence-electron chi connectivity index (χ0n) is 33.8. The number of nitrogens with zero attached hydrogens (tertiary/aromatic N) is 2. The van der Waals surface area contributed by atoms with Gasteiger partial charge in [0.05, 0.1) is 37.7 Å². The van der Waals surface area contributed by atoms with Gasteiger partial charge in [-0.25, -0.2) is 9.00 Å². The molecule has 336 valence electrons. The first kappa shape index (κ1) is 48.5. The largest absolute Gasteiger partial charge is 0.479 e. The summed E-state index contributed by atoms with van der Waals surface area (Å²) in [4.78, 5) is 103. The van der Waals surface area contributed by atoms with Crippen LogP contribution in [-0.2, 0) is 76.7 Å². The number of aliphatic carboxylic acids is 1. The number of aliphatic hydroxyl groups excluding tert-OH is 3. The van der Waals surface area contributed by atoms with E-state index in [-0.39, 0.29) is 50.5 Å². The summed E-state index contributed by atoms with van der Waals surface area (Å²) in [6, 6.07) is 0.142. The van der Waals surface area contributed by atoms with Gasteiger partial charge in [-0.1, -0.05) is 19.9 Å². The van der Waals surface area contributed by atoms with Gasteiger partial charge in [0.2, 0.25) is 23.6 Å². The van der Waals surface area contributed by atoms with Gasteiger partial charge >= 0.3 is 11.9 Å². The van der Waals surface area contributed by atoms with E-state index >= 15 is 0 Å². The van der Waals surface area contributed by atoms with Crippen molar-refractivity contribution in [1.29, 1.82) is 0 Å². The monoisotopic (exact) mass is 881 g/mol. The van der Waals surface area contributed by atoms with Gasteiger partial charge in [0.25, 0.3) is 11.8 Å². The lowest BCUT2D eigenvalue weighted by atomic mass is 9.91.